The quantitative estimate of drug-likeness (QED) is 0.398. The van der Waals surface area contributed by atoms with E-state index in [-0.39, 0.29) is 45.9 Å². The molecule has 1 aliphatic rings. The number of likely N-dealkylation sites (tertiary alicyclic amines) is 1. The molecule has 0 radical (unpaired) electrons. The van der Waals surface area contributed by atoms with Crippen LogP contribution in [0.5, 0.6) is 11.5 Å². The summed E-state index contributed by atoms with van der Waals surface area (Å²) in [4.78, 5) is 30.5. The molecule has 0 spiro atoms. The third-order valence-electron chi connectivity index (χ3n) is 6.10. The van der Waals surface area contributed by atoms with Gasteiger partial charge in [-0.3, -0.25) is 14.3 Å². The second kappa shape index (κ2) is 10.1. The highest BCUT2D eigenvalue weighted by molar-refractivity contribution is 6.09. The third kappa shape index (κ3) is 4.40. The van der Waals surface area contributed by atoms with Crippen molar-refractivity contribution in [1.82, 2.24) is 25.0 Å². The van der Waals surface area contributed by atoms with Crippen molar-refractivity contribution in [2.75, 3.05) is 40.1 Å². The first kappa shape index (κ1) is 25.4. The molecule has 3 N–H and O–H groups in total. The van der Waals surface area contributed by atoms with Crippen molar-refractivity contribution in [2.45, 2.75) is 12.5 Å². The maximum atomic E-state index is 14.9. The predicted molar refractivity (Wildman–Crippen MR) is 131 cm³/mol. The number of amides is 2. The summed E-state index contributed by atoms with van der Waals surface area (Å²) in [5.41, 5.74) is 6.16. The molecule has 1 aromatic carbocycles. The predicted octanol–water partition coefficient (Wildman–Crippen LogP) is 2.03. The summed E-state index contributed by atoms with van der Waals surface area (Å²) in [7, 11) is 3.93. The number of methoxy groups -OCH3 is 2. The highest BCUT2D eigenvalue weighted by Gasteiger charge is 2.31. The van der Waals surface area contributed by atoms with Crippen LogP contribution in [0.15, 0.2) is 24.9 Å². The molecule has 12 heteroatoms. The molecule has 10 nitrogen and oxygen atoms in total. The first-order chi connectivity index (χ1) is 17.7. The summed E-state index contributed by atoms with van der Waals surface area (Å²) >= 11 is 0. The lowest BCUT2D eigenvalue weighted by Gasteiger charge is -2.16. The molecule has 1 saturated heterocycles. The van der Waals surface area contributed by atoms with Crippen molar-refractivity contribution in [3.63, 3.8) is 0 Å². The molecule has 2 amide bonds. The smallest absolute Gasteiger partial charge is 0.254 e. The molecule has 1 fully saturated rings. The van der Waals surface area contributed by atoms with Gasteiger partial charge in [-0.2, -0.15) is 5.10 Å². The standard InChI is InChI=1S/C25H24F2N6O4/c1-5-19(34)32-9-8-13(12-32)33-23-15(25(35)29-2)11-30-24(28)20(23)16(31-33)7-6-14-21(26)17(36-3)10-18(37-4)22(14)27/h5,10-11,13H,1,8-9,12H2,2-4H3,(H2,28,30)(H,29,35). The number of rotatable bonds is 5. The van der Waals surface area contributed by atoms with Gasteiger partial charge in [0.25, 0.3) is 5.91 Å². The van der Waals surface area contributed by atoms with E-state index in [1.165, 1.54) is 33.5 Å². The third-order valence-corrected chi connectivity index (χ3v) is 6.10. The first-order valence-corrected chi connectivity index (χ1v) is 11.2. The van der Waals surface area contributed by atoms with Gasteiger partial charge in [-0.15, -0.1) is 0 Å². The number of anilines is 1. The molecule has 1 atom stereocenters. The van der Waals surface area contributed by atoms with Gasteiger partial charge in [0.15, 0.2) is 23.1 Å². The number of fused-ring (bicyclic) bond motifs is 1. The van der Waals surface area contributed by atoms with Gasteiger partial charge in [0, 0.05) is 32.4 Å². The van der Waals surface area contributed by atoms with Gasteiger partial charge in [-0.05, 0) is 18.4 Å². The van der Waals surface area contributed by atoms with Gasteiger partial charge in [-0.1, -0.05) is 12.5 Å². The van der Waals surface area contributed by atoms with E-state index in [2.05, 4.69) is 33.8 Å². The summed E-state index contributed by atoms with van der Waals surface area (Å²) in [5.74, 6) is 1.98. The van der Waals surface area contributed by atoms with Gasteiger partial charge in [0.05, 0.1) is 36.7 Å². The molecule has 0 aliphatic carbocycles. The molecule has 1 unspecified atom stereocenters. The van der Waals surface area contributed by atoms with Crippen molar-refractivity contribution in [1.29, 1.82) is 0 Å². The van der Waals surface area contributed by atoms with Crippen LogP contribution in [0.3, 0.4) is 0 Å². The minimum atomic E-state index is -1.01. The number of hydrogen-bond acceptors (Lipinski definition) is 7. The topological polar surface area (TPSA) is 125 Å². The van der Waals surface area contributed by atoms with Crippen LogP contribution in [0.25, 0.3) is 10.9 Å². The number of aromatic nitrogens is 3. The molecule has 1 aliphatic heterocycles. The fourth-order valence-corrected chi connectivity index (χ4v) is 4.24. The zero-order valence-electron chi connectivity index (χ0n) is 20.4. The molecular weight excluding hydrogens is 486 g/mol. The van der Waals surface area contributed by atoms with Gasteiger partial charge in [-0.25, -0.2) is 13.8 Å². The number of benzene rings is 1. The van der Waals surface area contributed by atoms with Crippen molar-refractivity contribution < 1.29 is 27.8 Å². The van der Waals surface area contributed by atoms with E-state index in [0.717, 1.165) is 6.07 Å². The Bertz CT molecular complexity index is 1460. The van der Waals surface area contributed by atoms with Crippen LogP contribution in [0, 0.1) is 23.5 Å². The first-order valence-electron chi connectivity index (χ1n) is 11.2. The number of nitrogens with two attached hydrogens (primary N) is 1. The van der Waals surface area contributed by atoms with Gasteiger partial charge >= 0.3 is 0 Å². The van der Waals surface area contributed by atoms with E-state index in [1.807, 2.05) is 0 Å². The summed E-state index contributed by atoms with van der Waals surface area (Å²) in [6.45, 7) is 4.28. The van der Waals surface area contributed by atoms with Crippen LogP contribution in [-0.2, 0) is 4.79 Å². The Morgan fingerprint density at radius 3 is 2.51 bits per heavy atom. The number of ether oxygens (including phenoxy) is 2. The van der Waals surface area contributed by atoms with Crippen LogP contribution in [0.2, 0.25) is 0 Å². The Hall–Kier alpha value is -4.66. The lowest BCUT2D eigenvalue weighted by atomic mass is 10.1. The molecule has 3 aromatic rings. The monoisotopic (exact) mass is 510 g/mol. The minimum absolute atomic E-state index is 0.0272. The number of nitrogen functional groups attached to an aromatic ring is 1. The van der Waals surface area contributed by atoms with Crippen molar-refractivity contribution in [3.05, 3.63) is 53.4 Å². The maximum Gasteiger partial charge on any atom is 0.254 e. The van der Waals surface area contributed by atoms with Gasteiger partial charge < -0.3 is 25.4 Å². The number of nitrogens with zero attached hydrogens (tertiary/aromatic N) is 4. The highest BCUT2D eigenvalue weighted by atomic mass is 19.1. The second-order valence-corrected chi connectivity index (χ2v) is 8.12. The van der Waals surface area contributed by atoms with E-state index in [4.69, 9.17) is 15.2 Å². The fourth-order valence-electron chi connectivity index (χ4n) is 4.24. The summed E-state index contributed by atoms with van der Waals surface area (Å²) in [6.07, 6.45) is 3.08. The van der Waals surface area contributed by atoms with Crippen LogP contribution < -0.4 is 20.5 Å². The Labute approximate surface area is 211 Å². The normalized spacial score (nSPS) is 14.7. The van der Waals surface area contributed by atoms with Gasteiger partial charge in [0.1, 0.15) is 17.1 Å². The van der Waals surface area contributed by atoms with E-state index in [0.29, 0.717) is 25.0 Å². The number of nitrogens with one attached hydrogen (secondary N) is 1. The average Bonchev–Trinajstić information content (AvgIpc) is 3.54. The Morgan fingerprint density at radius 1 is 1.24 bits per heavy atom. The van der Waals surface area contributed by atoms with Gasteiger partial charge in [0.2, 0.25) is 5.91 Å². The van der Waals surface area contributed by atoms with Crippen LogP contribution in [0.4, 0.5) is 14.6 Å². The largest absolute Gasteiger partial charge is 0.493 e. The van der Waals surface area contributed by atoms with E-state index >= 15 is 0 Å². The molecule has 3 heterocycles. The van der Waals surface area contributed by atoms with Crippen molar-refractivity contribution in [3.8, 4) is 23.3 Å². The summed E-state index contributed by atoms with van der Waals surface area (Å²) in [6, 6.07) is 0.756. The van der Waals surface area contributed by atoms with E-state index in [9.17, 15) is 18.4 Å². The molecule has 0 saturated carbocycles. The second-order valence-electron chi connectivity index (χ2n) is 8.12. The minimum Gasteiger partial charge on any atom is -0.493 e. The Kier molecular flexibility index (Phi) is 6.97. The fraction of sp³-hybridized carbons (Fsp3) is 0.280. The summed E-state index contributed by atoms with van der Waals surface area (Å²) in [5, 5.41) is 7.36. The van der Waals surface area contributed by atoms with E-state index < -0.39 is 23.1 Å². The highest BCUT2D eigenvalue weighted by Crippen LogP contribution is 2.33. The zero-order chi connectivity index (χ0) is 26.9. The Balaban J connectivity index is 1.93. The molecule has 2 aromatic heterocycles. The number of halogens is 2. The molecule has 37 heavy (non-hydrogen) atoms. The lowest BCUT2D eigenvalue weighted by molar-refractivity contribution is -0.125. The maximum absolute atomic E-state index is 14.9. The molecular formula is C25H24F2N6O4. The number of carbonyl (C=O) groups is 2. The molecule has 0 bridgehead atoms. The summed E-state index contributed by atoms with van der Waals surface area (Å²) < 4.78 is 41.3. The van der Waals surface area contributed by atoms with Crippen LogP contribution in [0.1, 0.15) is 34.1 Å². The lowest BCUT2D eigenvalue weighted by Crippen LogP contribution is -2.27. The number of pyridine rings is 1. The van der Waals surface area contributed by atoms with E-state index in [1.54, 1.807) is 9.58 Å². The number of carbonyl (C=O) groups excluding carboxylic acids is 2. The average molecular weight is 511 g/mol. The van der Waals surface area contributed by atoms with Crippen molar-refractivity contribution >= 4 is 28.5 Å². The number of hydrogen-bond donors (Lipinski definition) is 2. The van der Waals surface area contributed by atoms with Crippen LogP contribution in [-0.4, -0.2) is 65.8 Å². The zero-order valence-corrected chi connectivity index (χ0v) is 20.4. The van der Waals surface area contributed by atoms with Crippen molar-refractivity contribution in [2.24, 2.45) is 0 Å². The SMILES string of the molecule is C=CC(=O)N1CCC(n2nc(C#Cc3c(F)c(OC)cc(OC)c3F)c3c(N)ncc(C(=O)NC)c32)C1. The van der Waals surface area contributed by atoms with Crippen LogP contribution >= 0.6 is 0 Å². The Morgan fingerprint density at radius 2 is 1.92 bits per heavy atom. The molecule has 192 valence electrons. The molecule has 4 rings (SSSR count).